The number of nitrogens with two attached hydrogens (primary N) is 1. The van der Waals surface area contributed by atoms with Gasteiger partial charge in [-0.05, 0) is 12.8 Å². The third-order valence-corrected chi connectivity index (χ3v) is 6.70. The summed E-state index contributed by atoms with van der Waals surface area (Å²) in [5, 5.41) is 2.04. The standard InChI is InChI=1S/C16H34.C7H13BrN2O2.2Na.2H/c1-3-5-7-9-11-13-15-16-14-12-10-8-6-4-2;1-3-7(8,4-2)5(11)10-6(9)12;;;;/h3-16H2,1-2H3;3-4H2,1-2H3,(H3,9,10,11,12);;;;. The molecule has 0 aliphatic rings. The molecule has 172 valence electrons. The molecule has 0 radical (unpaired) electrons. The molecule has 7 heteroatoms. The number of nitrogens with one attached hydrogen (secondary N) is 1. The van der Waals surface area contributed by atoms with Gasteiger partial charge in [-0.2, -0.15) is 0 Å². The first-order chi connectivity index (χ1) is 13.4. The number of halogens is 1. The van der Waals surface area contributed by atoms with Crippen molar-refractivity contribution in [1.82, 2.24) is 5.32 Å². The topological polar surface area (TPSA) is 72.2 Å². The van der Waals surface area contributed by atoms with Gasteiger partial charge in [0, 0.05) is 0 Å². The van der Waals surface area contributed by atoms with Crippen molar-refractivity contribution >= 4 is 87.0 Å². The van der Waals surface area contributed by atoms with E-state index in [2.05, 4.69) is 29.8 Å². The van der Waals surface area contributed by atoms with E-state index in [0.29, 0.717) is 12.8 Å². The first-order valence-electron chi connectivity index (χ1n) is 11.7. The van der Waals surface area contributed by atoms with Crippen molar-refractivity contribution in [3.63, 3.8) is 0 Å². The van der Waals surface area contributed by atoms with E-state index in [-0.39, 0.29) is 65.0 Å². The maximum absolute atomic E-state index is 11.3. The van der Waals surface area contributed by atoms with Gasteiger partial charge < -0.3 is 5.73 Å². The molecule has 0 aromatic carbocycles. The van der Waals surface area contributed by atoms with Crippen molar-refractivity contribution in [2.45, 2.75) is 135 Å². The summed E-state index contributed by atoms with van der Waals surface area (Å²) in [4.78, 5) is 21.6. The molecule has 0 aromatic rings. The second-order valence-corrected chi connectivity index (χ2v) is 9.25. The average Bonchev–Trinajstić information content (AvgIpc) is 2.68. The summed E-state index contributed by atoms with van der Waals surface area (Å²) >= 11 is 3.26. The molecule has 30 heavy (non-hydrogen) atoms. The SMILES string of the molecule is CCC(Br)(CC)C(=O)NC(N)=O.CCCCCCCCCCCCCCCC.[NaH].[NaH]. The zero-order valence-corrected chi connectivity index (χ0v) is 20.7. The number of hydrogen-bond donors (Lipinski definition) is 2. The van der Waals surface area contributed by atoms with Crippen molar-refractivity contribution in [3.05, 3.63) is 0 Å². The monoisotopic (exact) mass is 510 g/mol. The summed E-state index contributed by atoms with van der Waals surface area (Å²) < 4.78 is -0.665. The van der Waals surface area contributed by atoms with Crippen molar-refractivity contribution in [3.8, 4) is 0 Å². The predicted molar refractivity (Wildman–Crippen MR) is 140 cm³/mol. The van der Waals surface area contributed by atoms with E-state index < -0.39 is 10.4 Å². The Morgan fingerprint density at radius 1 is 0.667 bits per heavy atom. The first kappa shape index (κ1) is 38.7. The van der Waals surface area contributed by atoms with Crippen LogP contribution in [-0.4, -0.2) is 75.4 Å². The van der Waals surface area contributed by atoms with E-state index in [1.807, 2.05) is 19.2 Å². The molecule has 0 aromatic heterocycles. The molecule has 0 unspecified atom stereocenters. The number of primary amides is 1. The van der Waals surface area contributed by atoms with Crippen LogP contribution in [0.25, 0.3) is 0 Å². The molecular formula is C23H49BrN2Na2O2. The van der Waals surface area contributed by atoms with Crippen LogP contribution in [0.1, 0.15) is 130 Å². The van der Waals surface area contributed by atoms with Crippen molar-refractivity contribution in [2.24, 2.45) is 5.73 Å². The Hall–Kier alpha value is 1.42. The van der Waals surface area contributed by atoms with Gasteiger partial charge in [0.2, 0.25) is 5.91 Å². The average molecular weight is 512 g/mol. The molecule has 0 fully saturated rings. The Kier molecular flexibility index (Phi) is 36.7. The molecule has 3 amide bonds. The molecule has 0 atom stereocenters. The second kappa shape index (κ2) is 28.5. The predicted octanol–water partition coefficient (Wildman–Crippen LogP) is 6.33. The number of alkyl halides is 1. The normalized spacial score (nSPS) is 10.2. The molecule has 0 bridgehead atoms. The Balaban J connectivity index is -0.000000219. The van der Waals surface area contributed by atoms with E-state index in [9.17, 15) is 9.59 Å². The summed E-state index contributed by atoms with van der Waals surface area (Å²) in [7, 11) is 0. The fourth-order valence-electron chi connectivity index (χ4n) is 3.06. The zero-order valence-electron chi connectivity index (χ0n) is 19.1. The third kappa shape index (κ3) is 25.7. The quantitative estimate of drug-likeness (QED) is 0.145. The van der Waals surface area contributed by atoms with Gasteiger partial charge in [-0.15, -0.1) is 0 Å². The zero-order chi connectivity index (χ0) is 21.7. The third-order valence-electron chi connectivity index (χ3n) is 5.22. The van der Waals surface area contributed by atoms with Crippen molar-refractivity contribution in [2.75, 3.05) is 0 Å². The van der Waals surface area contributed by atoms with Gasteiger partial charge >= 0.3 is 65.1 Å². The number of hydrogen-bond acceptors (Lipinski definition) is 2. The second-order valence-electron chi connectivity index (χ2n) is 7.73. The van der Waals surface area contributed by atoms with Crippen LogP contribution >= 0.6 is 15.9 Å². The number of rotatable bonds is 16. The van der Waals surface area contributed by atoms with Crippen LogP contribution in [0, 0.1) is 0 Å². The fourth-order valence-corrected chi connectivity index (χ4v) is 3.16. The molecule has 4 nitrogen and oxygen atoms in total. The van der Waals surface area contributed by atoms with Gasteiger partial charge in [-0.25, -0.2) is 4.79 Å². The summed E-state index contributed by atoms with van der Waals surface area (Å²) in [6, 6.07) is -0.814. The van der Waals surface area contributed by atoms with Gasteiger partial charge in [0.05, 0.1) is 0 Å². The Morgan fingerprint density at radius 2 is 0.933 bits per heavy atom. The van der Waals surface area contributed by atoms with Gasteiger partial charge in [-0.1, -0.05) is 134 Å². The Morgan fingerprint density at radius 3 is 1.13 bits per heavy atom. The molecule has 0 aliphatic carbocycles. The Bertz CT molecular complexity index is 368. The molecule has 0 aliphatic heterocycles. The minimum atomic E-state index is -0.814. The van der Waals surface area contributed by atoms with Crippen LogP contribution in [0.4, 0.5) is 4.79 Å². The van der Waals surface area contributed by atoms with Gasteiger partial charge in [0.25, 0.3) is 0 Å². The van der Waals surface area contributed by atoms with Crippen LogP contribution < -0.4 is 11.1 Å². The van der Waals surface area contributed by atoms with Gasteiger partial charge in [0.1, 0.15) is 4.32 Å². The summed E-state index contributed by atoms with van der Waals surface area (Å²) in [5.74, 6) is -0.375. The maximum atomic E-state index is 11.3. The van der Waals surface area contributed by atoms with E-state index in [0.717, 1.165) is 0 Å². The van der Waals surface area contributed by atoms with Gasteiger partial charge in [0.15, 0.2) is 0 Å². The molecule has 0 saturated carbocycles. The van der Waals surface area contributed by atoms with Crippen LogP contribution in [0.15, 0.2) is 0 Å². The number of imide groups is 1. The number of carbonyl (C=O) groups is 2. The summed E-state index contributed by atoms with van der Waals surface area (Å²) in [5.41, 5.74) is 4.81. The van der Waals surface area contributed by atoms with E-state index >= 15 is 0 Å². The molecule has 3 N–H and O–H groups in total. The summed E-state index contributed by atoms with van der Waals surface area (Å²) in [6.07, 6.45) is 21.6. The van der Waals surface area contributed by atoms with Crippen molar-refractivity contribution < 1.29 is 9.59 Å². The fraction of sp³-hybridized carbons (Fsp3) is 0.913. The number of carbonyl (C=O) groups excluding carboxylic acids is 2. The summed E-state index contributed by atoms with van der Waals surface area (Å²) in [6.45, 7) is 8.30. The minimum absolute atomic E-state index is 0. The molecule has 0 spiro atoms. The Labute approximate surface area is 240 Å². The molecule has 0 saturated heterocycles. The molecule has 0 heterocycles. The molecular weight excluding hydrogens is 462 g/mol. The van der Waals surface area contributed by atoms with E-state index in [1.54, 1.807) is 0 Å². The van der Waals surface area contributed by atoms with E-state index in [1.165, 1.54) is 89.9 Å². The van der Waals surface area contributed by atoms with Crippen LogP contribution in [0.2, 0.25) is 0 Å². The van der Waals surface area contributed by atoms with Crippen LogP contribution in [0.5, 0.6) is 0 Å². The number of amides is 3. The van der Waals surface area contributed by atoms with Crippen molar-refractivity contribution in [1.29, 1.82) is 0 Å². The first-order valence-corrected chi connectivity index (χ1v) is 12.5. The molecule has 0 rings (SSSR count). The van der Waals surface area contributed by atoms with Crippen LogP contribution in [0.3, 0.4) is 0 Å². The van der Waals surface area contributed by atoms with E-state index in [4.69, 9.17) is 5.73 Å². The number of unbranched alkanes of at least 4 members (excludes halogenated alkanes) is 13. The van der Waals surface area contributed by atoms with Crippen LogP contribution in [-0.2, 0) is 4.79 Å². The van der Waals surface area contributed by atoms with Gasteiger partial charge in [-0.3, -0.25) is 10.1 Å². The number of urea groups is 1.